The number of rotatable bonds is 2. The van der Waals surface area contributed by atoms with Gasteiger partial charge in [0.05, 0.1) is 0 Å². The molecule has 0 saturated heterocycles. The molecule has 0 spiro atoms. The van der Waals surface area contributed by atoms with Gasteiger partial charge >= 0.3 is 0 Å². The van der Waals surface area contributed by atoms with E-state index in [9.17, 15) is 0 Å². The first-order valence-corrected chi connectivity index (χ1v) is 14.7. The minimum Gasteiger partial charge on any atom is -0.296 e. The fraction of sp³-hybridized carbons (Fsp3) is 0. The Morgan fingerprint density at radius 1 is 0.857 bits per heavy atom. The maximum atomic E-state index is 5.33. The van der Waals surface area contributed by atoms with Crippen molar-refractivity contribution in [3.63, 3.8) is 0 Å². The molecule has 0 N–H and O–H groups in total. The Labute approximate surface area is 97.1 Å². The molecule has 0 aromatic heterocycles. The molecule has 0 rings (SSSR count). The molecule has 0 aliphatic rings. The highest BCUT2D eigenvalue weighted by Gasteiger charge is 2.02. The molecule has 0 amide bonds. The van der Waals surface area contributed by atoms with Gasteiger partial charge in [0, 0.05) is 0 Å². The van der Waals surface area contributed by atoms with Crippen molar-refractivity contribution in [2.75, 3.05) is 0 Å². The Morgan fingerprint density at radius 3 is 1.14 bits per heavy atom. The van der Waals surface area contributed by atoms with E-state index < -0.39 is 0 Å². The summed E-state index contributed by atoms with van der Waals surface area (Å²) in [5, 5.41) is 0. The molecule has 7 heavy (non-hydrogen) atoms. The van der Waals surface area contributed by atoms with Gasteiger partial charge in [-0.2, -0.15) is 0 Å². The third kappa shape index (κ3) is 9.74. The van der Waals surface area contributed by atoms with E-state index in [-0.39, 0.29) is 6.87 Å². The molecule has 44 valence electrons. The zero-order valence-corrected chi connectivity index (χ0v) is 13.2. The highest BCUT2D eigenvalue weighted by Crippen LogP contribution is 2.70. The minimum atomic E-state index is -0.186. The summed E-state index contributed by atoms with van der Waals surface area (Å²) >= 11 is 9.17. The van der Waals surface area contributed by atoms with Crippen LogP contribution in [0.4, 0.5) is 0 Å². The molecule has 0 radical (unpaired) electrons. The van der Waals surface area contributed by atoms with Crippen LogP contribution in [0.3, 0.4) is 0 Å². The van der Waals surface area contributed by atoms with Gasteiger partial charge in [-0.1, -0.05) is 0 Å². The quantitative estimate of drug-likeness (QED) is 0.320. The van der Waals surface area contributed by atoms with Crippen molar-refractivity contribution in [2.45, 2.75) is 0 Å². The second kappa shape index (κ2) is 6.45. The average molecular weight is 586 g/mol. The summed E-state index contributed by atoms with van der Waals surface area (Å²) in [4.78, 5) is 0. The van der Waals surface area contributed by atoms with Crippen molar-refractivity contribution < 1.29 is 4.31 Å². The molecular weight excluding hydrogens is 586 g/mol. The van der Waals surface area contributed by atoms with Crippen LogP contribution in [0.15, 0.2) is 0 Å². The molecule has 0 bridgehead atoms. The van der Waals surface area contributed by atoms with Crippen LogP contribution < -0.4 is 0 Å². The summed E-state index contributed by atoms with van der Waals surface area (Å²) in [6, 6.07) is 0. The number of hydrogen-bond donors (Lipinski definition) is 0. The van der Waals surface area contributed by atoms with E-state index in [1.54, 1.807) is 0 Å². The maximum absolute atomic E-state index is 5.33. The second-order valence-electron chi connectivity index (χ2n) is 0.485. The zero-order valence-electron chi connectivity index (χ0n) is 2.81. The minimum absolute atomic E-state index is 0.186. The number of halogens is 4. The summed E-state index contributed by atoms with van der Waals surface area (Å²) in [6.07, 6.45) is 0. The first-order valence-electron chi connectivity index (χ1n) is 1.04. The molecule has 0 aromatic carbocycles. The molecule has 0 heterocycles. The first kappa shape index (κ1) is 10.7. The van der Waals surface area contributed by atoms with Gasteiger partial charge in [0.15, 0.2) is 6.87 Å². The molecule has 0 atom stereocenters. The van der Waals surface area contributed by atoms with Gasteiger partial charge in [-0.15, -0.1) is 0 Å². The first-order chi connectivity index (χ1) is 3.13. The molecular formula is I4OP2. The van der Waals surface area contributed by atoms with E-state index in [0.717, 1.165) is 0 Å². The van der Waals surface area contributed by atoms with E-state index in [0.29, 0.717) is 0 Å². The van der Waals surface area contributed by atoms with Crippen LogP contribution in [0.1, 0.15) is 0 Å². The Bertz CT molecular complexity index is 39.0. The summed E-state index contributed by atoms with van der Waals surface area (Å²) in [5.74, 6) is 0. The third-order valence-electron chi connectivity index (χ3n) is 0.123. The monoisotopic (exact) mass is 586 g/mol. The lowest BCUT2D eigenvalue weighted by atomic mass is 15.9. The summed E-state index contributed by atoms with van der Waals surface area (Å²) in [6.45, 7) is 0. The summed E-state index contributed by atoms with van der Waals surface area (Å²) in [7, 11) is 0. The van der Waals surface area contributed by atoms with Crippen molar-refractivity contribution >= 4 is 95.0 Å². The molecule has 7 heteroatoms. The molecule has 0 aliphatic heterocycles. The Morgan fingerprint density at radius 2 is 1.14 bits per heavy atom. The smallest absolute Gasteiger partial charge is 0.164 e. The van der Waals surface area contributed by atoms with Gasteiger partial charge in [-0.3, -0.25) is 4.31 Å². The van der Waals surface area contributed by atoms with Gasteiger partial charge in [0.25, 0.3) is 0 Å². The van der Waals surface area contributed by atoms with Crippen LogP contribution in [-0.2, 0) is 4.31 Å². The van der Waals surface area contributed by atoms with Gasteiger partial charge in [0.2, 0.25) is 0 Å². The Kier molecular flexibility index (Phi) is 9.90. The Hall–Kier alpha value is 3.74. The van der Waals surface area contributed by atoms with E-state index in [2.05, 4.69) is 88.2 Å². The maximum Gasteiger partial charge on any atom is 0.164 e. The molecule has 0 saturated carbocycles. The number of hydrogen-bond acceptors (Lipinski definition) is 1. The normalized spacial score (nSPS) is 11.1. The van der Waals surface area contributed by atoms with Crippen LogP contribution in [0, 0.1) is 0 Å². The highest BCUT2D eigenvalue weighted by molar-refractivity contribution is 14.3. The topological polar surface area (TPSA) is 9.23 Å². The van der Waals surface area contributed by atoms with Gasteiger partial charge in [0.1, 0.15) is 0 Å². The van der Waals surface area contributed by atoms with E-state index in [1.165, 1.54) is 0 Å². The zero-order chi connectivity index (χ0) is 5.86. The van der Waals surface area contributed by atoms with Crippen LogP contribution in [0.25, 0.3) is 0 Å². The molecule has 0 unspecified atom stereocenters. The van der Waals surface area contributed by atoms with Crippen molar-refractivity contribution in [2.24, 2.45) is 0 Å². The lowest BCUT2D eigenvalue weighted by Gasteiger charge is -2.00. The van der Waals surface area contributed by atoms with E-state index in [4.69, 9.17) is 4.31 Å². The molecule has 1 nitrogen and oxygen atoms in total. The van der Waals surface area contributed by atoms with Crippen molar-refractivity contribution in [3.8, 4) is 0 Å². The second-order valence-corrected chi connectivity index (χ2v) is 23.5. The SMILES string of the molecule is IP(I)OP(I)I. The van der Waals surface area contributed by atoms with E-state index >= 15 is 0 Å². The summed E-state index contributed by atoms with van der Waals surface area (Å²) in [5.41, 5.74) is 0. The van der Waals surface area contributed by atoms with Crippen molar-refractivity contribution in [1.82, 2.24) is 0 Å². The molecule has 0 aromatic rings. The fourth-order valence-electron chi connectivity index (χ4n) is 0.0467. The highest BCUT2D eigenvalue weighted by atomic mass is 127. The van der Waals surface area contributed by atoms with Gasteiger partial charge in [-0.05, 0) is 88.2 Å². The summed E-state index contributed by atoms with van der Waals surface area (Å²) < 4.78 is 4.95. The average Bonchev–Trinajstić information content (AvgIpc) is 1.27. The predicted octanol–water partition coefficient (Wildman–Crippen LogP) is 5.20. The standard InChI is InChI=1S/I4OP2/c1-6(2)5-7(3)4. The molecule has 0 aliphatic carbocycles. The van der Waals surface area contributed by atoms with Crippen LogP contribution in [0.2, 0.25) is 0 Å². The van der Waals surface area contributed by atoms with Crippen LogP contribution in [-0.4, -0.2) is 0 Å². The van der Waals surface area contributed by atoms with Crippen LogP contribution in [0.5, 0.6) is 0 Å². The Balaban J connectivity index is 2.95. The molecule has 0 fully saturated rings. The van der Waals surface area contributed by atoms with Gasteiger partial charge in [-0.25, -0.2) is 0 Å². The fourth-order valence-corrected chi connectivity index (χ4v) is 18.9. The van der Waals surface area contributed by atoms with E-state index in [1.807, 2.05) is 0 Å². The lowest BCUT2D eigenvalue weighted by molar-refractivity contribution is 0.753. The third-order valence-corrected chi connectivity index (χ3v) is 7.45. The largest absolute Gasteiger partial charge is 0.296 e. The van der Waals surface area contributed by atoms with Crippen molar-refractivity contribution in [3.05, 3.63) is 0 Å². The predicted molar refractivity (Wildman–Crippen MR) is 71.0 cm³/mol. The van der Waals surface area contributed by atoms with Crippen molar-refractivity contribution in [1.29, 1.82) is 0 Å². The lowest BCUT2D eigenvalue weighted by Crippen LogP contribution is -1.45. The van der Waals surface area contributed by atoms with Crippen LogP contribution >= 0.6 is 95.0 Å². The van der Waals surface area contributed by atoms with Gasteiger partial charge < -0.3 is 0 Å².